The van der Waals surface area contributed by atoms with E-state index in [0.29, 0.717) is 26.3 Å². The van der Waals surface area contributed by atoms with E-state index in [0.717, 1.165) is 19.3 Å². The first-order valence-corrected chi connectivity index (χ1v) is 5.97. The summed E-state index contributed by atoms with van der Waals surface area (Å²) in [4.78, 5) is 13.7. The zero-order valence-electron chi connectivity index (χ0n) is 9.78. The molecule has 5 heteroatoms. The highest BCUT2D eigenvalue weighted by atomic mass is 16.5. The molecule has 1 N–H and O–H groups in total. The predicted octanol–water partition coefficient (Wildman–Crippen LogP) is 0.596. The summed E-state index contributed by atoms with van der Waals surface area (Å²) in [7, 11) is 1.71. The molecule has 2 amide bonds. The van der Waals surface area contributed by atoms with Gasteiger partial charge >= 0.3 is 6.03 Å². The summed E-state index contributed by atoms with van der Waals surface area (Å²) in [6.07, 6.45) is 3.39. The molecule has 1 saturated carbocycles. The lowest BCUT2D eigenvalue weighted by Gasteiger charge is -2.29. The van der Waals surface area contributed by atoms with Crippen LogP contribution in [0.25, 0.3) is 0 Å². The fourth-order valence-electron chi connectivity index (χ4n) is 2.39. The van der Waals surface area contributed by atoms with Crippen LogP contribution in [0.1, 0.15) is 19.3 Å². The van der Waals surface area contributed by atoms with Crippen molar-refractivity contribution in [3.05, 3.63) is 0 Å². The van der Waals surface area contributed by atoms with E-state index >= 15 is 0 Å². The van der Waals surface area contributed by atoms with Crippen molar-refractivity contribution in [2.75, 3.05) is 33.4 Å². The molecule has 2 unspecified atom stereocenters. The number of hydrogen-bond acceptors (Lipinski definition) is 3. The summed E-state index contributed by atoms with van der Waals surface area (Å²) in [5.74, 6) is 0. The van der Waals surface area contributed by atoms with Gasteiger partial charge in [-0.15, -0.1) is 0 Å². The summed E-state index contributed by atoms with van der Waals surface area (Å²) >= 11 is 0. The highest BCUT2D eigenvalue weighted by Gasteiger charge is 2.30. The van der Waals surface area contributed by atoms with E-state index in [2.05, 4.69) is 5.32 Å². The van der Waals surface area contributed by atoms with E-state index in [1.54, 1.807) is 7.11 Å². The smallest absolute Gasteiger partial charge is 0.317 e. The number of methoxy groups -OCH3 is 1. The molecule has 2 atom stereocenters. The number of hydrogen-bond donors (Lipinski definition) is 1. The van der Waals surface area contributed by atoms with Crippen LogP contribution in [0.4, 0.5) is 4.79 Å². The molecule has 5 nitrogen and oxygen atoms in total. The lowest BCUT2D eigenvalue weighted by molar-refractivity contribution is 0.0480. The van der Waals surface area contributed by atoms with Gasteiger partial charge in [-0.05, 0) is 19.3 Å². The van der Waals surface area contributed by atoms with Gasteiger partial charge in [-0.3, -0.25) is 0 Å². The molecule has 2 aliphatic rings. The van der Waals surface area contributed by atoms with Crippen LogP contribution >= 0.6 is 0 Å². The van der Waals surface area contributed by atoms with Crippen LogP contribution in [0.2, 0.25) is 0 Å². The number of nitrogens with zero attached hydrogens (tertiary/aromatic N) is 1. The minimum absolute atomic E-state index is 0.0252. The number of carbonyl (C=O) groups is 1. The van der Waals surface area contributed by atoms with E-state index < -0.39 is 0 Å². The first-order valence-electron chi connectivity index (χ1n) is 5.97. The van der Waals surface area contributed by atoms with Crippen LogP contribution in [0.15, 0.2) is 0 Å². The minimum Gasteiger partial charge on any atom is -0.379 e. The Morgan fingerprint density at radius 1 is 1.38 bits per heavy atom. The third kappa shape index (κ3) is 2.65. The predicted molar refractivity (Wildman–Crippen MR) is 59.4 cm³/mol. The van der Waals surface area contributed by atoms with E-state index in [1.165, 1.54) is 0 Å². The van der Waals surface area contributed by atoms with Crippen molar-refractivity contribution >= 4 is 6.03 Å². The molecule has 1 heterocycles. The number of morpholine rings is 1. The van der Waals surface area contributed by atoms with Crippen molar-refractivity contribution in [1.82, 2.24) is 10.2 Å². The maximum Gasteiger partial charge on any atom is 0.317 e. The SMILES string of the molecule is COC1CCCC1NC(=O)N1CCOCC1. The molecule has 92 valence electrons. The van der Waals surface area contributed by atoms with Crippen molar-refractivity contribution < 1.29 is 14.3 Å². The van der Waals surface area contributed by atoms with Crippen LogP contribution in [-0.2, 0) is 9.47 Å². The average molecular weight is 228 g/mol. The van der Waals surface area contributed by atoms with Crippen LogP contribution in [-0.4, -0.2) is 56.5 Å². The second-order valence-corrected chi connectivity index (χ2v) is 4.36. The van der Waals surface area contributed by atoms with Gasteiger partial charge in [0.1, 0.15) is 0 Å². The topological polar surface area (TPSA) is 50.8 Å². The summed E-state index contributed by atoms with van der Waals surface area (Å²) in [6, 6.07) is 0.206. The second kappa shape index (κ2) is 5.50. The van der Waals surface area contributed by atoms with E-state index in [9.17, 15) is 4.79 Å². The molecule has 16 heavy (non-hydrogen) atoms. The third-order valence-electron chi connectivity index (χ3n) is 3.36. The van der Waals surface area contributed by atoms with E-state index in [4.69, 9.17) is 9.47 Å². The molecule has 0 aromatic heterocycles. The number of ether oxygens (including phenoxy) is 2. The fourth-order valence-corrected chi connectivity index (χ4v) is 2.39. The number of amides is 2. The van der Waals surface area contributed by atoms with Gasteiger partial charge in [0, 0.05) is 20.2 Å². The Kier molecular flexibility index (Phi) is 4.01. The molecule has 0 aromatic carbocycles. The van der Waals surface area contributed by atoms with Gasteiger partial charge in [0.15, 0.2) is 0 Å². The largest absolute Gasteiger partial charge is 0.379 e. The van der Waals surface area contributed by atoms with Gasteiger partial charge < -0.3 is 19.7 Å². The van der Waals surface area contributed by atoms with Gasteiger partial charge in [0.25, 0.3) is 0 Å². The van der Waals surface area contributed by atoms with Crippen molar-refractivity contribution in [1.29, 1.82) is 0 Å². The summed E-state index contributed by atoms with van der Waals surface area (Å²) in [6.45, 7) is 2.67. The van der Waals surface area contributed by atoms with Gasteiger partial charge in [-0.1, -0.05) is 0 Å². The molecule has 2 fully saturated rings. The Bertz CT molecular complexity index is 241. The van der Waals surface area contributed by atoms with E-state index in [1.807, 2.05) is 4.90 Å². The molecule has 0 spiro atoms. The maximum absolute atomic E-state index is 11.9. The molecule has 1 saturated heterocycles. The third-order valence-corrected chi connectivity index (χ3v) is 3.36. The number of rotatable bonds is 2. The molecular formula is C11H20N2O3. The highest BCUT2D eigenvalue weighted by Crippen LogP contribution is 2.21. The Labute approximate surface area is 96.1 Å². The molecular weight excluding hydrogens is 208 g/mol. The molecule has 1 aliphatic heterocycles. The monoisotopic (exact) mass is 228 g/mol. The van der Waals surface area contributed by atoms with E-state index in [-0.39, 0.29) is 18.2 Å². The lowest BCUT2D eigenvalue weighted by Crippen LogP contribution is -2.51. The van der Waals surface area contributed by atoms with Gasteiger partial charge in [-0.25, -0.2) is 4.79 Å². The van der Waals surface area contributed by atoms with Crippen LogP contribution in [0, 0.1) is 0 Å². The maximum atomic E-state index is 11.9. The first kappa shape index (κ1) is 11.7. The van der Waals surface area contributed by atoms with Crippen molar-refractivity contribution in [2.45, 2.75) is 31.4 Å². The molecule has 2 rings (SSSR count). The van der Waals surface area contributed by atoms with Gasteiger partial charge in [0.05, 0.1) is 25.4 Å². The number of nitrogens with one attached hydrogen (secondary N) is 1. The Hall–Kier alpha value is -0.810. The zero-order chi connectivity index (χ0) is 11.4. The Morgan fingerprint density at radius 2 is 2.12 bits per heavy atom. The summed E-state index contributed by atoms with van der Waals surface area (Å²) in [5.41, 5.74) is 0. The van der Waals surface area contributed by atoms with Gasteiger partial charge in [0.2, 0.25) is 0 Å². The molecule has 1 aliphatic carbocycles. The fraction of sp³-hybridized carbons (Fsp3) is 0.909. The van der Waals surface area contributed by atoms with Crippen molar-refractivity contribution in [3.8, 4) is 0 Å². The molecule has 0 aromatic rings. The summed E-state index contributed by atoms with van der Waals surface area (Å²) < 4.78 is 10.6. The Morgan fingerprint density at radius 3 is 2.81 bits per heavy atom. The Balaban J connectivity index is 1.81. The number of carbonyl (C=O) groups excluding carboxylic acids is 1. The molecule has 0 radical (unpaired) electrons. The van der Waals surface area contributed by atoms with Gasteiger partial charge in [-0.2, -0.15) is 0 Å². The van der Waals surface area contributed by atoms with Crippen LogP contribution in [0.3, 0.4) is 0 Å². The minimum atomic E-state index is 0.0252. The summed E-state index contributed by atoms with van der Waals surface area (Å²) in [5, 5.41) is 3.06. The van der Waals surface area contributed by atoms with Crippen molar-refractivity contribution in [3.63, 3.8) is 0 Å². The van der Waals surface area contributed by atoms with Crippen molar-refractivity contribution in [2.24, 2.45) is 0 Å². The average Bonchev–Trinajstić information content (AvgIpc) is 2.77. The van der Waals surface area contributed by atoms with Crippen LogP contribution < -0.4 is 5.32 Å². The lowest BCUT2D eigenvalue weighted by atomic mass is 10.2. The second-order valence-electron chi connectivity index (χ2n) is 4.36. The first-order chi connectivity index (χ1) is 7.81. The number of urea groups is 1. The zero-order valence-corrected chi connectivity index (χ0v) is 9.78. The normalized spacial score (nSPS) is 30.4. The standard InChI is InChI=1S/C11H20N2O3/c1-15-10-4-2-3-9(10)12-11(14)13-5-7-16-8-6-13/h9-10H,2-8H2,1H3,(H,12,14). The highest BCUT2D eigenvalue weighted by molar-refractivity contribution is 5.74. The quantitative estimate of drug-likeness (QED) is 0.753. The van der Waals surface area contributed by atoms with Crippen LogP contribution in [0.5, 0.6) is 0 Å². The molecule has 0 bridgehead atoms.